The molecule has 0 saturated heterocycles. The molecule has 12 heteroatoms. The Hall–Kier alpha value is 0.140. The van der Waals surface area contributed by atoms with Gasteiger partial charge in [0.25, 0.3) is 0 Å². The molecule has 0 aliphatic carbocycles. The summed E-state index contributed by atoms with van der Waals surface area (Å²) in [6.07, 6.45) is -1.21. The lowest BCUT2D eigenvalue weighted by Crippen LogP contribution is -2.26. The standard InChI is InChI=1S/C6H17NO9P2/c1-7-5-14-3-6(16-17(8,9)10)4-15-18(11,12)13-2/h6-7H,3-5H2,1-2H3,(H,11,12)(H2,8,9,10). The van der Waals surface area contributed by atoms with Crippen LogP contribution in [0.5, 0.6) is 0 Å². The van der Waals surface area contributed by atoms with Crippen molar-refractivity contribution in [2.24, 2.45) is 0 Å². The Balaban J connectivity index is 4.29. The van der Waals surface area contributed by atoms with Crippen molar-refractivity contribution in [1.82, 2.24) is 5.32 Å². The summed E-state index contributed by atoms with van der Waals surface area (Å²) in [5.74, 6) is 0. The maximum atomic E-state index is 11.0. The molecule has 0 rings (SSSR count). The maximum Gasteiger partial charge on any atom is 0.472 e. The minimum Gasteiger partial charge on any atom is -0.364 e. The van der Waals surface area contributed by atoms with E-state index in [4.69, 9.17) is 19.4 Å². The summed E-state index contributed by atoms with van der Waals surface area (Å²) in [6.45, 7) is -0.700. The molecule has 18 heavy (non-hydrogen) atoms. The Morgan fingerprint density at radius 2 is 1.83 bits per heavy atom. The summed E-state index contributed by atoms with van der Waals surface area (Å²) in [4.78, 5) is 26.2. The second kappa shape index (κ2) is 8.34. The molecule has 0 aromatic carbocycles. The number of hydrogen-bond acceptors (Lipinski definition) is 7. The molecule has 0 spiro atoms. The highest BCUT2D eigenvalue weighted by molar-refractivity contribution is 7.47. The van der Waals surface area contributed by atoms with Gasteiger partial charge in [-0.05, 0) is 7.05 Å². The van der Waals surface area contributed by atoms with Crippen LogP contribution in [0.15, 0.2) is 0 Å². The van der Waals surface area contributed by atoms with E-state index in [2.05, 4.69) is 18.9 Å². The molecule has 10 nitrogen and oxygen atoms in total. The van der Waals surface area contributed by atoms with Crippen LogP contribution in [0.3, 0.4) is 0 Å². The number of phosphoric acid groups is 2. The van der Waals surface area contributed by atoms with Gasteiger partial charge in [0.05, 0.1) is 19.9 Å². The molecule has 0 aromatic rings. The van der Waals surface area contributed by atoms with Crippen molar-refractivity contribution < 1.29 is 42.1 Å². The summed E-state index contributed by atoms with van der Waals surface area (Å²) in [5.41, 5.74) is 0. The Morgan fingerprint density at radius 1 is 1.22 bits per heavy atom. The zero-order valence-electron chi connectivity index (χ0n) is 9.88. The van der Waals surface area contributed by atoms with Gasteiger partial charge >= 0.3 is 15.6 Å². The van der Waals surface area contributed by atoms with Gasteiger partial charge in [-0.1, -0.05) is 0 Å². The van der Waals surface area contributed by atoms with Gasteiger partial charge < -0.3 is 19.4 Å². The van der Waals surface area contributed by atoms with Crippen molar-refractivity contribution in [2.75, 3.05) is 34.1 Å². The maximum absolute atomic E-state index is 11.0. The predicted molar refractivity (Wildman–Crippen MR) is 59.6 cm³/mol. The fraction of sp³-hybridized carbons (Fsp3) is 1.00. The topological polar surface area (TPSA) is 144 Å². The van der Waals surface area contributed by atoms with Crippen molar-refractivity contribution in [3.05, 3.63) is 0 Å². The molecule has 0 saturated carbocycles. The van der Waals surface area contributed by atoms with E-state index in [-0.39, 0.29) is 13.3 Å². The van der Waals surface area contributed by atoms with Gasteiger partial charge in [-0.25, -0.2) is 9.13 Å². The largest absolute Gasteiger partial charge is 0.472 e. The minimum atomic E-state index is -4.75. The first-order valence-electron chi connectivity index (χ1n) is 4.69. The van der Waals surface area contributed by atoms with Crippen LogP contribution in [0.2, 0.25) is 0 Å². The quantitative estimate of drug-likeness (QED) is 0.235. The fourth-order valence-corrected chi connectivity index (χ4v) is 1.80. The van der Waals surface area contributed by atoms with E-state index in [9.17, 15) is 9.13 Å². The molecule has 0 radical (unpaired) electrons. The van der Waals surface area contributed by atoms with E-state index < -0.39 is 28.4 Å². The Morgan fingerprint density at radius 3 is 2.28 bits per heavy atom. The van der Waals surface area contributed by atoms with Crippen molar-refractivity contribution in [3.8, 4) is 0 Å². The molecule has 0 aliphatic rings. The van der Waals surface area contributed by atoms with Crippen LogP contribution in [0.25, 0.3) is 0 Å². The highest BCUT2D eigenvalue weighted by Gasteiger charge is 2.27. The third-order valence-corrected chi connectivity index (χ3v) is 3.00. The molecule has 0 bridgehead atoms. The van der Waals surface area contributed by atoms with Crippen LogP contribution < -0.4 is 5.32 Å². The summed E-state index contributed by atoms with van der Waals surface area (Å²) >= 11 is 0. The highest BCUT2D eigenvalue weighted by Crippen LogP contribution is 2.43. The first-order valence-corrected chi connectivity index (χ1v) is 7.72. The molecule has 2 unspecified atom stereocenters. The summed E-state index contributed by atoms with van der Waals surface area (Å²) < 4.78 is 39.5. The van der Waals surface area contributed by atoms with Crippen LogP contribution in [0.1, 0.15) is 0 Å². The zero-order valence-corrected chi connectivity index (χ0v) is 11.7. The molecule has 0 amide bonds. The second-order valence-electron chi connectivity index (χ2n) is 3.03. The van der Waals surface area contributed by atoms with Gasteiger partial charge in [-0.2, -0.15) is 0 Å². The highest BCUT2D eigenvalue weighted by atomic mass is 31.2. The molecule has 4 N–H and O–H groups in total. The number of ether oxygens (including phenoxy) is 1. The average Bonchev–Trinajstić information content (AvgIpc) is 2.24. The van der Waals surface area contributed by atoms with Gasteiger partial charge in [0.2, 0.25) is 0 Å². The summed E-state index contributed by atoms with van der Waals surface area (Å²) in [7, 11) is -6.43. The van der Waals surface area contributed by atoms with Crippen LogP contribution in [0, 0.1) is 0 Å². The predicted octanol–water partition coefficient (Wildman–Crippen LogP) is -0.579. The van der Waals surface area contributed by atoms with Crippen LogP contribution in [-0.2, 0) is 27.4 Å². The first kappa shape index (κ1) is 18.1. The van der Waals surface area contributed by atoms with Crippen LogP contribution in [0.4, 0.5) is 0 Å². The van der Waals surface area contributed by atoms with E-state index >= 15 is 0 Å². The van der Waals surface area contributed by atoms with E-state index in [1.165, 1.54) is 0 Å². The molecule has 0 heterocycles. The molecular formula is C6H17NO9P2. The second-order valence-corrected chi connectivity index (χ2v) is 5.79. The Bertz CT molecular complexity index is 318. The van der Waals surface area contributed by atoms with E-state index in [0.717, 1.165) is 7.11 Å². The fourth-order valence-electron chi connectivity index (χ4n) is 0.826. The van der Waals surface area contributed by atoms with Gasteiger partial charge in [0.1, 0.15) is 6.10 Å². The Kier molecular flexibility index (Phi) is 8.40. The van der Waals surface area contributed by atoms with Crippen LogP contribution >= 0.6 is 15.6 Å². The normalized spacial score (nSPS) is 17.4. The third-order valence-electron chi connectivity index (χ3n) is 1.49. The van der Waals surface area contributed by atoms with E-state index in [1.807, 2.05) is 0 Å². The van der Waals surface area contributed by atoms with Crippen LogP contribution in [-0.4, -0.2) is 54.9 Å². The van der Waals surface area contributed by atoms with Crippen molar-refractivity contribution in [3.63, 3.8) is 0 Å². The third kappa shape index (κ3) is 10.1. The van der Waals surface area contributed by atoms with Crippen molar-refractivity contribution >= 4 is 15.6 Å². The lowest BCUT2D eigenvalue weighted by molar-refractivity contribution is -0.000165. The monoisotopic (exact) mass is 309 g/mol. The summed E-state index contributed by atoms with van der Waals surface area (Å²) in [5, 5.41) is 2.63. The smallest absolute Gasteiger partial charge is 0.364 e. The number of nitrogens with one attached hydrogen (secondary N) is 1. The SMILES string of the molecule is CNCOCC(COP(=O)(O)OC)OP(=O)(O)O. The van der Waals surface area contributed by atoms with Gasteiger partial charge in [0.15, 0.2) is 0 Å². The van der Waals surface area contributed by atoms with Crippen molar-refractivity contribution in [2.45, 2.75) is 6.10 Å². The van der Waals surface area contributed by atoms with Crippen molar-refractivity contribution in [1.29, 1.82) is 0 Å². The molecule has 0 fully saturated rings. The number of rotatable bonds is 10. The Labute approximate surface area is 104 Å². The lowest BCUT2D eigenvalue weighted by Gasteiger charge is -2.19. The zero-order chi connectivity index (χ0) is 14.2. The number of hydrogen-bond donors (Lipinski definition) is 4. The molecule has 0 aliphatic heterocycles. The molecular weight excluding hydrogens is 292 g/mol. The first-order chi connectivity index (χ1) is 8.20. The number of phosphoric ester groups is 2. The molecule has 110 valence electrons. The molecule has 0 aromatic heterocycles. The van der Waals surface area contributed by atoms with Gasteiger partial charge in [-0.15, -0.1) is 0 Å². The van der Waals surface area contributed by atoms with E-state index in [1.54, 1.807) is 7.05 Å². The minimum absolute atomic E-state index is 0.113. The van der Waals surface area contributed by atoms with E-state index in [0.29, 0.717) is 0 Å². The average molecular weight is 309 g/mol. The van der Waals surface area contributed by atoms with Gasteiger partial charge in [-0.3, -0.25) is 18.9 Å². The summed E-state index contributed by atoms with van der Waals surface area (Å²) in [6, 6.07) is 0. The molecule has 2 atom stereocenters. The lowest BCUT2D eigenvalue weighted by atomic mass is 10.4. The van der Waals surface area contributed by atoms with Gasteiger partial charge in [0, 0.05) is 7.11 Å².